The molecule has 0 spiro atoms. The second-order valence-electron chi connectivity index (χ2n) is 4.25. The Morgan fingerprint density at radius 3 is 3.06 bits per heavy atom. The SMILES string of the molecule is Brc1ccc2c(OC3CCCCO3)ncnc2c1. The van der Waals surface area contributed by atoms with E-state index in [0.717, 1.165) is 41.2 Å². The highest BCUT2D eigenvalue weighted by molar-refractivity contribution is 9.10. The van der Waals surface area contributed by atoms with Crippen LogP contribution in [0.3, 0.4) is 0 Å². The van der Waals surface area contributed by atoms with E-state index in [0.29, 0.717) is 5.88 Å². The summed E-state index contributed by atoms with van der Waals surface area (Å²) in [6.07, 6.45) is 4.51. The fourth-order valence-electron chi connectivity index (χ4n) is 2.03. The standard InChI is InChI=1S/C13H13BrN2O2/c14-9-4-5-10-11(7-9)15-8-16-13(10)18-12-3-1-2-6-17-12/h4-5,7-8,12H,1-3,6H2. The Morgan fingerprint density at radius 1 is 1.28 bits per heavy atom. The van der Waals surface area contributed by atoms with Gasteiger partial charge in [0.05, 0.1) is 17.5 Å². The smallest absolute Gasteiger partial charge is 0.226 e. The average molecular weight is 309 g/mol. The van der Waals surface area contributed by atoms with E-state index in [1.807, 2.05) is 18.2 Å². The first-order valence-corrected chi connectivity index (χ1v) is 6.81. The molecule has 2 heterocycles. The lowest BCUT2D eigenvalue weighted by Crippen LogP contribution is -2.25. The summed E-state index contributed by atoms with van der Waals surface area (Å²) in [5.74, 6) is 0.597. The number of ether oxygens (including phenoxy) is 2. The van der Waals surface area contributed by atoms with Gasteiger partial charge in [0.1, 0.15) is 6.33 Å². The molecule has 1 aliphatic heterocycles. The van der Waals surface area contributed by atoms with Gasteiger partial charge in [0, 0.05) is 10.9 Å². The first-order chi connectivity index (χ1) is 8.83. The Balaban J connectivity index is 1.91. The highest BCUT2D eigenvalue weighted by Crippen LogP contribution is 2.26. The quantitative estimate of drug-likeness (QED) is 0.854. The fourth-order valence-corrected chi connectivity index (χ4v) is 2.38. The van der Waals surface area contributed by atoms with Crippen LogP contribution in [0.5, 0.6) is 5.88 Å². The predicted octanol–water partition coefficient (Wildman–Crippen LogP) is 3.30. The van der Waals surface area contributed by atoms with Crippen LogP contribution in [-0.2, 0) is 4.74 Å². The third-order valence-electron chi connectivity index (χ3n) is 2.94. The summed E-state index contributed by atoms with van der Waals surface area (Å²) in [5, 5.41) is 0.912. The van der Waals surface area contributed by atoms with Gasteiger partial charge < -0.3 is 9.47 Å². The monoisotopic (exact) mass is 308 g/mol. The minimum absolute atomic E-state index is 0.180. The van der Waals surface area contributed by atoms with E-state index >= 15 is 0 Å². The second-order valence-corrected chi connectivity index (χ2v) is 5.17. The molecular weight excluding hydrogens is 296 g/mol. The minimum Gasteiger partial charge on any atom is -0.447 e. The Kier molecular flexibility index (Phi) is 3.43. The summed E-state index contributed by atoms with van der Waals surface area (Å²) in [6.45, 7) is 0.763. The van der Waals surface area contributed by atoms with Crippen molar-refractivity contribution in [2.45, 2.75) is 25.6 Å². The van der Waals surface area contributed by atoms with Gasteiger partial charge in [-0.05, 0) is 31.0 Å². The average Bonchev–Trinajstić information content (AvgIpc) is 2.40. The van der Waals surface area contributed by atoms with Crippen LogP contribution in [-0.4, -0.2) is 22.9 Å². The Morgan fingerprint density at radius 2 is 2.22 bits per heavy atom. The van der Waals surface area contributed by atoms with E-state index in [2.05, 4.69) is 25.9 Å². The molecular formula is C13H13BrN2O2. The summed E-state index contributed by atoms with van der Waals surface area (Å²) in [5.41, 5.74) is 0.866. The lowest BCUT2D eigenvalue weighted by Gasteiger charge is -2.23. The predicted molar refractivity (Wildman–Crippen MR) is 71.5 cm³/mol. The zero-order valence-corrected chi connectivity index (χ0v) is 11.4. The lowest BCUT2D eigenvalue weighted by atomic mass is 10.2. The molecule has 94 valence electrons. The maximum atomic E-state index is 5.82. The van der Waals surface area contributed by atoms with E-state index in [1.165, 1.54) is 6.33 Å². The number of hydrogen-bond acceptors (Lipinski definition) is 4. The molecule has 1 aliphatic rings. The topological polar surface area (TPSA) is 44.2 Å². The first kappa shape index (κ1) is 11.9. The molecule has 1 fully saturated rings. The molecule has 0 bridgehead atoms. The molecule has 1 aromatic carbocycles. The summed E-state index contributed by atoms with van der Waals surface area (Å²) in [7, 11) is 0. The molecule has 1 aromatic heterocycles. The number of nitrogens with zero attached hydrogens (tertiary/aromatic N) is 2. The molecule has 0 saturated carbocycles. The van der Waals surface area contributed by atoms with Gasteiger partial charge in [0.25, 0.3) is 0 Å². The summed E-state index contributed by atoms with van der Waals surface area (Å²) < 4.78 is 12.4. The minimum atomic E-state index is -0.180. The largest absolute Gasteiger partial charge is 0.447 e. The van der Waals surface area contributed by atoms with Crippen molar-refractivity contribution in [2.75, 3.05) is 6.61 Å². The number of hydrogen-bond donors (Lipinski definition) is 0. The normalized spacial score (nSPS) is 19.9. The maximum absolute atomic E-state index is 5.82. The van der Waals surface area contributed by atoms with Crippen LogP contribution < -0.4 is 4.74 Å². The molecule has 1 atom stereocenters. The van der Waals surface area contributed by atoms with Crippen LogP contribution in [0.2, 0.25) is 0 Å². The Hall–Kier alpha value is -1.20. The van der Waals surface area contributed by atoms with Gasteiger partial charge in [-0.25, -0.2) is 9.97 Å². The summed E-state index contributed by atoms with van der Waals surface area (Å²) >= 11 is 3.43. The van der Waals surface area contributed by atoms with Gasteiger partial charge in [-0.1, -0.05) is 15.9 Å². The van der Waals surface area contributed by atoms with Crippen molar-refractivity contribution in [3.05, 3.63) is 29.0 Å². The third-order valence-corrected chi connectivity index (χ3v) is 3.44. The summed E-state index contributed by atoms with van der Waals surface area (Å²) in [6, 6.07) is 5.86. The summed E-state index contributed by atoms with van der Waals surface area (Å²) in [4.78, 5) is 8.44. The van der Waals surface area contributed by atoms with E-state index in [4.69, 9.17) is 9.47 Å². The van der Waals surface area contributed by atoms with Gasteiger partial charge in [-0.2, -0.15) is 0 Å². The molecule has 5 heteroatoms. The van der Waals surface area contributed by atoms with Crippen LogP contribution in [0.1, 0.15) is 19.3 Å². The Labute approximate surface area is 113 Å². The fraction of sp³-hybridized carbons (Fsp3) is 0.385. The van der Waals surface area contributed by atoms with Crippen molar-refractivity contribution in [2.24, 2.45) is 0 Å². The number of aromatic nitrogens is 2. The van der Waals surface area contributed by atoms with Crippen molar-refractivity contribution in [1.82, 2.24) is 9.97 Å². The second kappa shape index (κ2) is 5.20. The van der Waals surface area contributed by atoms with E-state index < -0.39 is 0 Å². The van der Waals surface area contributed by atoms with Gasteiger partial charge >= 0.3 is 0 Å². The number of halogens is 1. The van der Waals surface area contributed by atoms with Crippen molar-refractivity contribution in [3.63, 3.8) is 0 Å². The van der Waals surface area contributed by atoms with Crippen molar-refractivity contribution in [3.8, 4) is 5.88 Å². The highest BCUT2D eigenvalue weighted by atomic mass is 79.9. The number of fused-ring (bicyclic) bond motifs is 1. The van der Waals surface area contributed by atoms with Crippen molar-refractivity contribution in [1.29, 1.82) is 0 Å². The van der Waals surface area contributed by atoms with Crippen molar-refractivity contribution >= 4 is 26.8 Å². The van der Waals surface area contributed by atoms with E-state index in [-0.39, 0.29) is 6.29 Å². The van der Waals surface area contributed by atoms with Crippen molar-refractivity contribution < 1.29 is 9.47 Å². The molecule has 1 unspecified atom stereocenters. The Bertz CT molecular complexity index is 556. The van der Waals surface area contributed by atoms with Crippen LogP contribution in [0.4, 0.5) is 0 Å². The van der Waals surface area contributed by atoms with Crippen LogP contribution >= 0.6 is 15.9 Å². The highest BCUT2D eigenvalue weighted by Gasteiger charge is 2.17. The number of rotatable bonds is 2. The molecule has 2 aromatic rings. The van der Waals surface area contributed by atoms with Gasteiger partial charge in [0.15, 0.2) is 0 Å². The van der Waals surface area contributed by atoms with E-state index in [9.17, 15) is 0 Å². The van der Waals surface area contributed by atoms with Crippen LogP contribution in [0.15, 0.2) is 29.0 Å². The van der Waals surface area contributed by atoms with Gasteiger partial charge in [0.2, 0.25) is 12.2 Å². The molecule has 0 N–H and O–H groups in total. The number of benzene rings is 1. The lowest BCUT2D eigenvalue weighted by molar-refractivity contribution is -0.107. The van der Waals surface area contributed by atoms with Gasteiger partial charge in [-0.15, -0.1) is 0 Å². The zero-order valence-electron chi connectivity index (χ0n) is 9.80. The molecule has 1 saturated heterocycles. The van der Waals surface area contributed by atoms with Gasteiger partial charge in [-0.3, -0.25) is 0 Å². The molecule has 3 rings (SSSR count). The maximum Gasteiger partial charge on any atom is 0.226 e. The van der Waals surface area contributed by atoms with Crippen LogP contribution in [0.25, 0.3) is 10.9 Å². The first-order valence-electron chi connectivity index (χ1n) is 6.01. The molecule has 18 heavy (non-hydrogen) atoms. The zero-order chi connectivity index (χ0) is 12.4. The molecule has 4 nitrogen and oxygen atoms in total. The molecule has 0 aliphatic carbocycles. The third kappa shape index (κ3) is 2.47. The van der Waals surface area contributed by atoms with E-state index in [1.54, 1.807) is 0 Å². The molecule has 0 amide bonds. The van der Waals surface area contributed by atoms with Crippen LogP contribution in [0, 0.1) is 0 Å². The molecule has 0 radical (unpaired) electrons.